The molecule has 244 valence electrons. The van der Waals surface area contributed by atoms with Gasteiger partial charge in [-0.05, 0) is 65.6 Å². The number of para-hydroxylation sites is 3. The van der Waals surface area contributed by atoms with Crippen LogP contribution in [0.25, 0.3) is 61.7 Å². The van der Waals surface area contributed by atoms with Crippen molar-refractivity contribution in [2.45, 2.75) is 5.41 Å². The van der Waals surface area contributed by atoms with Crippen LogP contribution in [-0.2, 0) is 5.41 Å². The third kappa shape index (κ3) is 3.99. The number of benzene rings is 7. The fraction of sp³-hybridized carbons (Fsp3) is 0.0426. The lowest BCUT2D eigenvalue weighted by molar-refractivity contribution is 0.734. The van der Waals surface area contributed by atoms with Crippen molar-refractivity contribution in [2.24, 2.45) is 0 Å². The largest absolute Gasteiger partial charge is 0.309 e. The van der Waals surface area contributed by atoms with Gasteiger partial charge < -0.3 is 4.57 Å². The number of hydrogen-bond donors (Lipinski definition) is 0. The summed E-state index contributed by atoms with van der Waals surface area (Å²) in [4.78, 5) is 15.3. The van der Waals surface area contributed by atoms with Gasteiger partial charge in [0.15, 0.2) is 17.5 Å². The van der Waals surface area contributed by atoms with Crippen LogP contribution in [-0.4, -0.2) is 26.2 Å². The maximum atomic E-state index is 5.17. The van der Waals surface area contributed by atoms with E-state index in [2.05, 4.69) is 145 Å². The first-order valence-corrected chi connectivity index (χ1v) is 19.5. The van der Waals surface area contributed by atoms with Crippen LogP contribution >= 0.6 is 7.92 Å². The maximum Gasteiger partial charge on any atom is 0.164 e. The molecule has 7 aromatic carbocycles. The fourth-order valence-corrected chi connectivity index (χ4v) is 10.9. The van der Waals surface area contributed by atoms with E-state index in [-0.39, 0.29) is 0 Å². The SMILES string of the molecule is CP1c2ccccc2C2(c3ccccc3-n3c4ccccc4c4cccc2c43)c2cc(-c3nc(-c4ccccc4)nc(-c4ccccc4)n3)ccc21. The highest BCUT2D eigenvalue weighted by molar-refractivity contribution is 7.72. The number of fused-ring (bicyclic) bond motifs is 11. The molecule has 2 aliphatic heterocycles. The molecule has 0 bridgehead atoms. The highest BCUT2D eigenvalue weighted by Gasteiger charge is 2.50. The second-order valence-corrected chi connectivity index (χ2v) is 15.7. The Hall–Kier alpha value is -6.22. The summed E-state index contributed by atoms with van der Waals surface area (Å²) in [6.45, 7) is 2.41. The molecule has 0 amide bonds. The summed E-state index contributed by atoms with van der Waals surface area (Å²) < 4.78 is 2.50. The van der Waals surface area contributed by atoms with E-state index < -0.39 is 13.3 Å². The van der Waals surface area contributed by atoms with Gasteiger partial charge in [0.2, 0.25) is 0 Å². The van der Waals surface area contributed by atoms with Crippen molar-refractivity contribution < 1.29 is 0 Å². The van der Waals surface area contributed by atoms with Crippen molar-refractivity contribution in [3.8, 4) is 39.9 Å². The topological polar surface area (TPSA) is 43.6 Å². The molecular weight excluding hydrogens is 652 g/mol. The highest BCUT2D eigenvalue weighted by atomic mass is 31.1. The van der Waals surface area contributed by atoms with Gasteiger partial charge in [0, 0.05) is 27.5 Å². The first kappa shape index (κ1) is 29.5. The first-order valence-electron chi connectivity index (χ1n) is 17.7. The van der Waals surface area contributed by atoms with E-state index in [0.29, 0.717) is 17.5 Å². The Morgan fingerprint density at radius 3 is 1.75 bits per heavy atom. The smallest absolute Gasteiger partial charge is 0.164 e. The minimum absolute atomic E-state index is 0.561. The fourth-order valence-electron chi connectivity index (χ4n) is 8.85. The van der Waals surface area contributed by atoms with Gasteiger partial charge in [-0.25, -0.2) is 15.0 Å². The number of hydrogen-bond acceptors (Lipinski definition) is 3. The van der Waals surface area contributed by atoms with Gasteiger partial charge in [0.05, 0.1) is 22.1 Å². The predicted molar refractivity (Wildman–Crippen MR) is 214 cm³/mol. The van der Waals surface area contributed by atoms with E-state index in [9.17, 15) is 0 Å². The molecular formula is C47H31N4P. The van der Waals surface area contributed by atoms with Crippen LogP contribution in [0.2, 0.25) is 0 Å². The van der Waals surface area contributed by atoms with Crippen molar-refractivity contribution in [3.63, 3.8) is 0 Å². The lowest BCUT2D eigenvalue weighted by Crippen LogP contribution is -2.45. The Morgan fingerprint density at radius 2 is 1.00 bits per heavy atom. The van der Waals surface area contributed by atoms with Gasteiger partial charge in [-0.2, -0.15) is 0 Å². The molecule has 0 saturated heterocycles. The van der Waals surface area contributed by atoms with Gasteiger partial charge >= 0.3 is 0 Å². The van der Waals surface area contributed by atoms with Crippen LogP contribution in [0.3, 0.4) is 0 Å². The molecule has 0 fully saturated rings. The number of rotatable bonds is 3. The van der Waals surface area contributed by atoms with Crippen molar-refractivity contribution in [1.29, 1.82) is 0 Å². The summed E-state index contributed by atoms with van der Waals surface area (Å²) in [6, 6.07) is 61.4. The van der Waals surface area contributed by atoms with Crippen LogP contribution in [0.5, 0.6) is 0 Å². The molecule has 4 heterocycles. The molecule has 2 unspecified atom stereocenters. The highest BCUT2D eigenvalue weighted by Crippen LogP contribution is 2.58. The van der Waals surface area contributed by atoms with Crippen LogP contribution in [0.1, 0.15) is 22.3 Å². The van der Waals surface area contributed by atoms with Crippen LogP contribution in [0.4, 0.5) is 0 Å². The summed E-state index contributed by atoms with van der Waals surface area (Å²) in [7, 11) is -0.635. The second kappa shape index (κ2) is 11.1. The predicted octanol–water partition coefficient (Wildman–Crippen LogP) is 10.0. The summed E-state index contributed by atoms with van der Waals surface area (Å²) in [6.07, 6.45) is 0. The first-order chi connectivity index (χ1) is 25.7. The molecule has 52 heavy (non-hydrogen) atoms. The van der Waals surface area contributed by atoms with E-state index in [0.717, 1.165) is 16.7 Å². The summed E-state index contributed by atoms with van der Waals surface area (Å²) in [5.41, 5.74) is 11.3. The average molecular weight is 683 g/mol. The average Bonchev–Trinajstić information content (AvgIpc) is 3.56. The standard InChI is InChI=1S/C47H31N4P/c1-52-41-26-13-10-22-36(41)47(35-21-9-12-25-40(35)51-39-24-11-8-19-33(39)34-20-14-23-37(47)43(34)51)38-29-32(27-28-42(38)52)46-49-44(30-15-4-2-5-16-30)48-45(50-46)31-17-6-3-7-18-31/h2-29H,1H3. The molecule has 0 saturated carbocycles. The normalized spacial score (nSPS) is 16.8. The number of aromatic nitrogens is 4. The summed E-state index contributed by atoms with van der Waals surface area (Å²) in [5.74, 6) is 2.00. The van der Waals surface area contributed by atoms with Gasteiger partial charge in [0.25, 0.3) is 0 Å². The zero-order valence-corrected chi connectivity index (χ0v) is 29.3. The molecule has 2 aliphatic rings. The van der Waals surface area contributed by atoms with Crippen molar-refractivity contribution in [3.05, 3.63) is 192 Å². The third-order valence-electron chi connectivity index (χ3n) is 11.0. The van der Waals surface area contributed by atoms with Crippen LogP contribution in [0.15, 0.2) is 170 Å². The lowest BCUT2D eigenvalue weighted by Gasteiger charge is -2.47. The molecule has 4 nitrogen and oxygen atoms in total. The van der Waals surface area contributed by atoms with Crippen LogP contribution < -0.4 is 10.6 Å². The zero-order valence-electron chi connectivity index (χ0n) is 28.4. The molecule has 0 radical (unpaired) electrons. The minimum atomic E-state index is -0.635. The molecule has 2 atom stereocenters. The van der Waals surface area contributed by atoms with Crippen molar-refractivity contribution in [2.75, 3.05) is 6.66 Å². The van der Waals surface area contributed by atoms with Gasteiger partial charge in [-0.1, -0.05) is 152 Å². The number of nitrogens with zero attached hydrogens (tertiary/aromatic N) is 4. The molecule has 5 heteroatoms. The Morgan fingerprint density at radius 1 is 0.442 bits per heavy atom. The van der Waals surface area contributed by atoms with Gasteiger partial charge in [0.1, 0.15) is 0 Å². The Balaban J connectivity index is 1.25. The van der Waals surface area contributed by atoms with Crippen LogP contribution in [0, 0.1) is 0 Å². The monoisotopic (exact) mass is 682 g/mol. The zero-order chi connectivity index (χ0) is 34.4. The van der Waals surface area contributed by atoms with Crippen molar-refractivity contribution in [1.82, 2.24) is 19.5 Å². The molecule has 9 aromatic rings. The quantitative estimate of drug-likeness (QED) is 0.174. The van der Waals surface area contributed by atoms with Gasteiger partial charge in [-0.3, -0.25) is 0 Å². The second-order valence-electron chi connectivity index (χ2n) is 13.7. The lowest BCUT2D eigenvalue weighted by atomic mass is 9.62. The van der Waals surface area contributed by atoms with E-state index in [4.69, 9.17) is 15.0 Å². The van der Waals surface area contributed by atoms with Gasteiger partial charge in [-0.15, -0.1) is 0 Å². The Kier molecular flexibility index (Phi) is 6.32. The van der Waals surface area contributed by atoms with E-state index >= 15 is 0 Å². The van der Waals surface area contributed by atoms with Crippen molar-refractivity contribution >= 4 is 40.3 Å². The van der Waals surface area contributed by atoms with E-state index in [1.807, 2.05) is 36.4 Å². The minimum Gasteiger partial charge on any atom is -0.309 e. The molecule has 0 aliphatic carbocycles. The van der Waals surface area contributed by atoms with E-state index in [1.165, 1.54) is 60.4 Å². The Bertz CT molecular complexity index is 2820. The molecule has 1 spiro atoms. The molecule has 2 aromatic heterocycles. The third-order valence-corrected chi connectivity index (χ3v) is 13.3. The maximum absolute atomic E-state index is 5.17. The molecule has 0 N–H and O–H groups in total. The summed E-state index contributed by atoms with van der Waals surface area (Å²) in [5, 5.41) is 5.36. The Labute approximate surface area is 302 Å². The molecule has 11 rings (SSSR count). The summed E-state index contributed by atoms with van der Waals surface area (Å²) >= 11 is 0. The van der Waals surface area contributed by atoms with E-state index in [1.54, 1.807) is 0 Å².